The van der Waals surface area contributed by atoms with Gasteiger partial charge in [0.1, 0.15) is 16.6 Å². The molecule has 2 rings (SSSR count). The molecule has 0 unspecified atom stereocenters. The van der Waals surface area contributed by atoms with Crippen LogP contribution in [0, 0.1) is 11.3 Å². The fourth-order valence-corrected chi connectivity index (χ4v) is 2.49. The average molecular weight is 296 g/mol. The maximum absolute atomic E-state index is 9.36. The summed E-state index contributed by atoms with van der Waals surface area (Å²) in [7, 11) is 0. The van der Waals surface area contributed by atoms with Crippen LogP contribution in [0.25, 0.3) is 0 Å². The van der Waals surface area contributed by atoms with E-state index in [1.54, 1.807) is 6.07 Å². The van der Waals surface area contributed by atoms with Crippen LogP contribution >= 0.6 is 23.1 Å². The molecule has 2 aromatic rings. The first-order valence-corrected chi connectivity index (χ1v) is 6.57. The van der Waals surface area contributed by atoms with Gasteiger partial charge in [0, 0.05) is 6.54 Å². The molecule has 1 aromatic carbocycles. The van der Waals surface area contributed by atoms with E-state index >= 15 is 0 Å². The van der Waals surface area contributed by atoms with Crippen molar-refractivity contribution >= 4 is 28.1 Å². The summed E-state index contributed by atoms with van der Waals surface area (Å²) < 4.78 is 3.89. The number of benzene rings is 1. The lowest BCUT2D eigenvalue weighted by Crippen LogP contribution is -2.04. The second-order valence-electron chi connectivity index (χ2n) is 3.79. The topological polar surface area (TPSA) is 89.2 Å². The highest BCUT2D eigenvalue weighted by Gasteiger charge is 2.10. The smallest absolute Gasteiger partial charge is 0.162 e. The Morgan fingerprint density at radius 3 is 2.84 bits per heavy atom. The molecule has 0 fully saturated rings. The summed E-state index contributed by atoms with van der Waals surface area (Å²) >= 11 is 6.89. The number of rotatable bonds is 4. The number of aromatic nitrogens is 1. The minimum Gasteiger partial charge on any atom is -0.504 e. The third kappa shape index (κ3) is 3.08. The molecule has 0 amide bonds. The van der Waals surface area contributed by atoms with Crippen LogP contribution in [0.4, 0.5) is 5.00 Å². The largest absolute Gasteiger partial charge is 0.504 e. The molecule has 7 heteroatoms. The molecule has 98 valence electrons. The molecular formula is C12H10ClN3O2S. The molecule has 19 heavy (non-hydrogen) atoms. The number of anilines is 1. The van der Waals surface area contributed by atoms with Crippen molar-refractivity contribution in [3.05, 3.63) is 34.5 Å². The predicted molar refractivity (Wildman–Crippen MR) is 73.8 cm³/mol. The predicted octanol–water partition coefficient (Wildman–Crippen LogP) is 2.73. The number of nitriles is 1. The Balaban J connectivity index is 1.96. The van der Waals surface area contributed by atoms with E-state index in [9.17, 15) is 10.2 Å². The monoisotopic (exact) mass is 295 g/mol. The van der Waals surface area contributed by atoms with Crippen LogP contribution in [0.5, 0.6) is 11.5 Å². The molecule has 0 atom stereocenters. The average Bonchev–Trinajstić information content (AvgIpc) is 2.74. The number of hydrogen-bond acceptors (Lipinski definition) is 6. The minimum atomic E-state index is -0.143. The molecule has 0 saturated carbocycles. The van der Waals surface area contributed by atoms with Gasteiger partial charge in [0.15, 0.2) is 16.7 Å². The first-order chi connectivity index (χ1) is 9.11. The van der Waals surface area contributed by atoms with E-state index in [-0.39, 0.29) is 16.7 Å². The van der Waals surface area contributed by atoms with Crippen LogP contribution in [0.2, 0.25) is 5.15 Å². The molecule has 0 aliphatic heterocycles. The van der Waals surface area contributed by atoms with Crippen molar-refractivity contribution in [2.75, 3.05) is 11.9 Å². The van der Waals surface area contributed by atoms with Crippen LogP contribution in [-0.2, 0) is 6.42 Å². The van der Waals surface area contributed by atoms with E-state index in [0.717, 1.165) is 17.1 Å². The fraction of sp³-hybridized carbons (Fsp3) is 0.167. The molecule has 0 aliphatic carbocycles. The Kier molecular flexibility index (Phi) is 4.10. The van der Waals surface area contributed by atoms with Crippen molar-refractivity contribution in [2.24, 2.45) is 0 Å². The van der Waals surface area contributed by atoms with E-state index < -0.39 is 0 Å². The first-order valence-electron chi connectivity index (χ1n) is 5.42. The second kappa shape index (κ2) is 5.78. The van der Waals surface area contributed by atoms with Crippen molar-refractivity contribution < 1.29 is 10.2 Å². The van der Waals surface area contributed by atoms with Crippen LogP contribution in [0.1, 0.15) is 11.1 Å². The number of hydrogen-bond donors (Lipinski definition) is 3. The summed E-state index contributed by atoms with van der Waals surface area (Å²) in [5.74, 6) is -0.284. The van der Waals surface area contributed by atoms with Crippen LogP contribution in [0.15, 0.2) is 18.2 Å². The van der Waals surface area contributed by atoms with Crippen molar-refractivity contribution in [3.8, 4) is 17.6 Å². The first kappa shape index (κ1) is 13.5. The van der Waals surface area contributed by atoms with Gasteiger partial charge in [-0.15, -0.1) is 0 Å². The number of nitrogens with one attached hydrogen (secondary N) is 1. The highest BCUT2D eigenvalue weighted by Crippen LogP contribution is 2.28. The molecule has 0 bridgehead atoms. The zero-order valence-corrected chi connectivity index (χ0v) is 11.3. The number of phenolic OH excluding ortho intramolecular Hbond substituents is 2. The molecule has 0 saturated heterocycles. The Labute approximate surface area is 118 Å². The normalized spacial score (nSPS) is 10.1. The fourth-order valence-electron chi connectivity index (χ4n) is 1.53. The van der Waals surface area contributed by atoms with Gasteiger partial charge in [-0.25, -0.2) is 0 Å². The molecule has 0 radical (unpaired) electrons. The Bertz CT molecular complexity index is 636. The van der Waals surface area contributed by atoms with Crippen LogP contribution in [0.3, 0.4) is 0 Å². The SMILES string of the molecule is N#Cc1c(Cl)nsc1NCCc1ccc(O)c(O)c1. The molecule has 1 aromatic heterocycles. The van der Waals surface area contributed by atoms with Gasteiger partial charge in [-0.1, -0.05) is 17.7 Å². The number of phenols is 2. The zero-order chi connectivity index (χ0) is 13.8. The van der Waals surface area contributed by atoms with Crippen molar-refractivity contribution in [1.29, 1.82) is 5.26 Å². The summed E-state index contributed by atoms with van der Waals surface area (Å²) in [6, 6.07) is 6.65. The summed E-state index contributed by atoms with van der Waals surface area (Å²) in [5.41, 5.74) is 1.22. The highest BCUT2D eigenvalue weighted by atomic mass is 35.5. The number of halogens is 1. The van der Waals surface area contributed by atoms with E-state index in [2.05, 4.69) is 9.69 Å². The van der Waals surface area contributed by atoms with Gasteiger partial charge in [-0.3, -0.25) is 0 Å². The molecule has 0 spiro atoms. The van der Waals surface area contributed by atoms with Crippen molar-refractivity contribution in [2.45, 2.75) is 6.42 Å². The van der Waals surface area contributed by atoms with E-state index in [1.807, 2.05) is 6.07 Å². The third-order valence-corrected chi connectivity index (χ3v) is 3.68. The van der Waals surface area contributed by atoms with Gasteiger partial charge in [0.05, 0.1) is 0 Å². The molecule has 3 N–H and O–H groups in total. The van der Waals surface area contributed by atoms with Gasteiger partial charge in [0.25, 0.3) is 0 Å². The quantitative estimate of drug-likeness (QED) is 0.755. The minimum absolute atomic E-state index is 0.141. The lowest BCUT2D eigenvalue weighted by Gasteiger charge is -2.05. The third-order valence-electron chi connectivity index (χ3n) is 2.50. The number of aromatic hydroxyl groups is 2. The lowest BCUT2D eigenvalue weighted by molar-refractivity contribution is 0.403. The summed E-state index contributed by atoms with van der Waals surface area (Å²) in [4.78, 5) is 0. The molecular weight excluding hydrogens is 286 g/mol. The summed E-state index contributed by atoms with van der Waals surface area (Å²) in [6.45, 7) is 0.567. The zero-order valence-electron chi connectivity index (χ0n) is 9.72. The summed E-state index contributed by atoms with van der Waals surface area (Å²) in [5, 5.41) is 31.4. The Morgan fingerprint density at radius 1 is 1.37 bits per heavy atom. The highest BCUT2D eigenvalue weighted by molar-refractivity contribution is 7.10. The van der Waals surface area contributed by atoms with Crippen LogP contribution in [-0.4, -0.2) is 21.1 Å². The van der Waals surface area contributed by atoms with E-state index in [0.29, 0.717) is 23.5 Å². The maximum Gasteiger partial charge on any atom is 0.162 e. The number of nitrogens with zero attached hydrogens (tertiary/aromatic N) is 2. The van der Waals surface area contributed by atoms with Crippen molar-refractivity contribution in [1.82, 2.24) is 4.37 Å². The maximum atomic E-state index is 9.36. The van der Waals surface area contributed by atoms with Gasteiger partial charge >= 0.3 is 0 Å². The Morgan fingerprint density at radius 2 is 2.16 bits per heavy atom. The molecule has 0 aliphatic rings. The lowest BCUT2D eigenvalue weighted by atomic mass is 10.1. The molecule has 5 nitrogen and oxygen atoms in total. The van der Waals surface area contributed by atoms with Crippen LogP contribution < -0.4 is 5.32 Å². The van der Waals surface area contributed by atoms with Gasteiger partial charge in [-0.2, -0.15) is 9.64 Å². The van der Waals surface area contributed by atoms with Gasteiger partial charge in [-0.05, 0) is 35.6 Å². The Hall–Kier alpha value is -1.97. The van der Waals surface area contributed by atoms with E-state index in [1.165, 1.54) is 12.1 Å². The van der Waals surface area contributed by atoms with Crippen molar-refractivity contribution in [3.63, 3.8) is 0 Å². The molecule has 1 heterocycles. The van der Waals surface area contributed by atoms with Gasteiger partial charge < -0.3 is 15.5 Å². The van der Waals surface area contributed by atoms with E-state index in [4.69, 9.17) is 16.9 Å². The van der Waals surface area contributed by atoms with Gasteiger partial charge in [0.2, 0.25) is 0 Å². The standard InChI is InChI=1S/C12H10ClN3O2S/c13-11-8(6-14)12(19-16-11)15-4-3-7-1-2-9(17)10(18)5-7/h1-2,5,15,17-18H,3-4H2. The second-order valence-corrected chi connectivity index (χ2v) is 4.92. The summed E-state index contributed by atoms with van der Waals surface area (Å²) in [6.07, 6.45) is 0.633.